The van der Waals surface area contributed by atoms with Crippen LogP contribution in [0.15, 0.2) is 97.1 Å². The molecule has 0 radical (unpaired) electrons. The van der Waals surface area contributed by atoms with E-state index in [0.717, 1.165) is 16.5 Å². The first-order valence-corrected chi connectivity index (χ1v) is 13.3. The van der Waals surface area contributed by atoms with Crippen molar-refractivity contribution in [3.63, 3.8) is 0 Å². The second kappa shape index (κ2) is 10.3. The maximum Gasteiger partial charge on any atom is 0.263 e. The topological polar surface area (TPSA) is 84.9 Å². The van der Waals surface area contributed by atoms with E-state index in [1.54, 1.807) is 48.5 Å². The van der Waals surface area contributed by atoms with Crippen molar-refractivity contribution in [3.8, 4) is 11.5 Å². The second-order valence-corrected chi connectivity index (χ2v) is 10.4. The summed E-state index contributed by atoms with van der Waals surface area (Å²) in [7, 11) is -3.75. The third-order valence-corrected chi connectivity index (χ3v) is 7.68. The van der Waals surface area contributed by atoms with Gasteiger partial charge in [0.2, 0.25) is 10.0 Å². The number of anilines is 1. The molecule has 0 saturated carbocycles. The summed E-state index contributed by atoms with van der Waals surface area (Å²) in [6.07, 6.45) is -0.983. The molecule has 0 spiro atoms. The van der Waals surface area contributed by atoms with Gasteiger partial charge in [-0.3, -0.25) is 9.10 Å². The molecule has 36 heavy (non-hydrogen) atoms. The van der Waals surface area contributed by atoms with Gasteiger partial charge in [-0.25, -0.2) is 8.42 Å². The van der Waals surface area contributed by atoms with Crippen LogP contribution < -0.4 is 19.1 Å². The lowest BCUT2D eigenvalue weighted by molar-refractivity contribution is -0.127. The Hall–Kier alpha value is -4.04. The van der Waals surface area contributed by atoms with Gasteiger partial charge in [0.1, 0.15) is 18.1 Å². The third kappa shape index (κ3) is 5.13. The molecular weight excluding hydrogens is 476 g/mol. The smallest absolute Gasteiger partial charge is 0.263 e. The minimum absolute atomic E-state index is 0.109. The fraction of sp³-hybridized carbons (Fsp3) is 0.179. The molecule has 5 rings (SSSR count). The fourth-order valence-electron chi connectivity index (χ4n) is 4.24. The summed E-state index contributed by atoms with van der Waals surface area (Å²) in [6.45, 7) is 0.404. The molecule has 0 aromatic heterocycles. The van der Waals surface area contributed by atoms with Crippen molar-refractivity contribution in [1.29, 1.82) is 0 Å². The minimum atomic E-state index is -3.75. The van der Waals surface area contributed by atoms with E-state index < -0.39 is 22.0 Å². The van der Waals surface area contributed by atoms with Crippen molar-refractivity contribution in [1.82, 2.24) is 5.32 Å². The van der Waals surface area contributed by atoms with Crippen LogP contribution in [0.3, 0.4) is 0 Å². The van der Waals surface area contributed by atoms with Gasteiger partial charge in [-0.2, -0.15) is 0 Å². The molecule has 1 aliphatic rings. The van der Waals surface area contributed by atoms with Crippen LogP contribution in [0.4, 0.5) is 5.69 Å². The summed E-state index contributed by atoms with van der Waals surface area (Å²) >= 11 is 0. The molecule has 0 aliphatic carbocycles. The molecule has 0 unspecified atom stereocenters. The third-order valence-electron chi connectivity index (χ3n) is 5.96. The maximum absolute atomic E-state index is 13.3. The first kappa shape index (κ1) is 23.7. The molecule has 0 bridgehead atoms. The summed E-state index contributed by atoms with van der Waals surface area (Å²) in [5.41, 5.74) is 1.10. The number of rotatable bonds is 8. The van der Waals surface area contributed by atoms with E-state index in [4.69, 9.17) is 9.47 Å². The summed E-state index contributed by atoms with van der Waals surface area (Å²) < 4.78 is 39.7. The molecule has 7 nitrogen and oxygen atoms in total. The van der Waals surface area contributed by atoms with E-state index in [1.165, 1.54) is 4.31 Å². The van der Waals surface area contributed by atoms with Crippen molar-refractivity contribution in [2.75, 3.05) is 24.0 Å². The Bertz CT molecular complexity index is 1470. The van der Waals surface area contributed by atoms with Gasteiger partial charge in [-0.05, 0) is 29.1 Å². The SMILES string of the molecule is O=C(NCCOc1cccc2ccccc12)[C@@H]1CN(S(=O)(=O)Cc2ccccc2)c2ccccc2O1. The Morgan fingerprint density at radius 2 is 1.64 bits per heavy atom. The van der Waals surface area contributed by atoms with Gasteiger partial charge in [0, 0.05) is 5.39 Å². The highest BCUT2D eigenvalue weighted by molar-refractivity contribution is 7.92. The van der Waals surface area contributed by atoms with Gasteiger partial charge < -0.3 is 14.8 Å². The quantitative estimate of drug-likeness (QED) is 0.366. The number of carbonyl (C=O) groups excluding carboxylic acids is 1. The number of benzene rings is 4. The molecular formula is C28H26N2O5S. The van der Waals surface area contributed by atoms with E-state index in [9.17, 15) is 13.2 Å². The highest BCUT2D eigenvalue weighted by atomic mass is 32.2. The number of sulfonamides is 1. The molecule has 0 saturated heterocycles. The minimum Gasteiger partial charge on any atom is -0.491 e. The Labute approximate surface area is 210 Å². The number of fused-ring (bicyclic) bond motifs is 2. The summed E-state index contributed by atoms with van der Waals surface area (Å²) in [4.78, 5) is 12.9. The summed E-state index contributed by atoms with van der Waals surface area (Å²) in [6, 6.07) is 29.6. The van der Waals surface area contributed by atoms with Crippen LogP contribution in [0.5, 0.6) is 11.5 Å². The van der Waals surface area contributed by atoms with E-state index in [-0.39, 0.29) is 25.4 Å². The number of ether oxygens (including phenoxy) is 2. The lowest BCUT2D eigenvalue weighted by atomic mass is 10.1. The highest BCUT2D eigenvalue weighted by Gasteiger charge is 2.36. The Balaban J connectivity index is 1.25. The van der Waals surface area contributed by atoms with Crippen LogP contribution in [0.1, 0.15) is 5.56 Å². The summed E-state index contributed by atoms with van der Waals surface area (Å²) in [5.74, 6) is 0.525. The van der Waals surface area contributed by atoms with E-state index in [1.807, 2.05) is 48.5 Å². The monoisotopic (exact) mass is 502 g/mol. The van der Waals surface area contributed by atoms with Crippen LogP contribution >= 0.6 is 0 Å². The predicted octanol–water partition coefficient (Wildman–Crippen LogP) is 4.13. The number of hydrogen-bond acceptors (Lipinski definition) is 5. The standard InChI is InChI=1S/C28H26N2O5S/c31-28(29-17-18-34-25-16-8-12-22-11-4-5-13-23(22)25)27-19-30(24-14-6-7-15-26(24)35-27)36(32,33)20-21-9-2-1-3-10-21/h1-16,27H,17-20H2,(H,29,31)/t27-/m0/s1. The van der Waals surface area contributed by atoms with Gasteiger partial charge in [-0.1, -0.05) is 78.9 Å². The molecule has 4 aromatic carbocycles. The summed E-state index contributed by atoms with van der Waals surface area (Å²) in [5, 5.41) is 4.88. The Morgan fingerprint density at radius 1 is 0.917 bits per heavy atom. The fourth-order valence-corrected chi connectivity index (χ4v) is 5.82. The van der Waals surface area contributed by atoms with Crippen LogP contribution in [-0.2, 0) is 20.6 Å². The van der Waals surface area contributed by atoms with Crippen LogP contribution in [0.2, 0.25) is 0 Å². The molecule has 1 atom stereocenters. The number of nitrogens with one attached hydrogen (secondary N) is 1. The second-order valence-electron chi connectivity index (χ2n) is 8.46. The van der Waals surface area contributed by atoms with Crippen LogP contribution in [0.25, 0.3) is 10.8 Å². The van der Waals surface area contributed by atoms with Crippen molar-refractivity contribution in [2.45, 2.75) is 11.9 Å². The average Bonchev–Trinajstić information content (AvgIpc) is 2.90. The first-order valence-electron chi connectivity index (χ1n) is 11.7. The maximum atomic E-state index is 13.3. The molecule has 1 heterocycles. The van der Waals surface area contributed by atoms with Gasteiger partial charge in [0.25, 0.3) is 5.91 Å². The molecule has 184 valence electrons. The van der Waals surface area contributed by atoms with Crippen molar-refractivity contribution < 1.29 is 22.7 Å². The predicted molar refractivity (Wildman–Crippen MR) is 140 cm³/mol. The molecule has 0 fully saturated rings. The number of carbonyl (C=O) groups is 1. The normalized spacial score (nSPS) is 15.1. The van der Waals surface area contributed by atoms with Gasteiger partial charge in [0.15, 0.2) is 6.10 Å². The zero-order valence-electron chi connectivity index (χ0n) is 19.5. The van der Waals surface area contributed by atoms with Crippen LogP contribution in [-0.4, -0.2) is 40.1 Å². The van der Waals surface area contributed by atoms with Gasteiger partial charge >= 0.3 is 0 Å². The van der Waals surface area contributed by atoms with Crippen LogP contribution in [0, 0.1) is 0 Å². The number of nitrogens with zero attached hydrogens (tertiary/aromatic N) is 1. The zero-order chi connectivity index (χ0) is 25.0. The molecule has 8 heteroatoms. The molecule has 1 N–H and O–H groups in total. The molecule has 1 amide bonds. The van der Waals surface area contributed by atoms with E-state index >= 15 is 0 Å². The van der Waals surface area contributed by atoms with Gasteiger partial charge in [0.05, 0.1) is 24.5 Å². The van der Waals surface area contributed by atoms with Gasteiger partial charge in [-0.15, -0.1) is 0 Å². The average molecular weight is 503 g/mol. The largest absolute Gasteiger partial charge is 0.491 e. The Kier molecular flexibility index (Phi) is 6.77. The lowest BCUT2D eigenvalue weighted by Gasteiger charge is -2.34. The Morgan fingerprint density at radius 3 is 2.50 bits per heavy atom. The van der Waals surface area contributed by atoms with Crippen molar-refractivity contribution in [2.24, 2.45) is 0 Å². The molecule has 1 aliphatic heterocycles. The van der Waals surface area contributed by atoms with Crippen molar-refractivity contribution >= 4 is 32.4 Å². The highest BCUT2D eigenvalue weighted by Crippen LogP contribution is 2.35. The zero-order valence-corrected chi connectivity index (χ0v) is 20.4. The number of hydrogen-bond donors (Lipinski definition) is 1. The van der Waals surface area contributed by atoms with Crippen molar-refractivity contribution in [3.05, 3.63) is 103 Å². The van der Waals surface area contributed by atoms with E-state index in [0.29, 0.717) is 17.0 Å². The number of amides is 1. The first-order chi connectivity index (χ1) is 17.5. The molecule has 4 aromatic rings. The number of para-hydroxylation sites is 2. The lowest BCUT2D eigenvalue weighted by Crippen LogP contribution is -2.51. The van der Waals surface area contributed by atoms with E-state index in [2.05, 4.69) is 5.32 Å².